The van der Waals surface area contributed by atoms with Gasteiger partial charge in [0.05, 0.1) is 11.0 Å². The molecule has 0 radical (unpaired) electrons. The topological polar surface area (TPSA) is 58.4 Å². The van der Waals surface area contributed by atoms with Crippen molar-refractivity contribution in [2.24, 2.45) is 0 Å². The van der Waals surface area contributed by atoms with Crippen molar-refractivity contribution >= 4 is 16.9 Å². The minimum Gasteiger partial charge on any atom is -0.385 e. The number of hydrogen-bond acceptors (Lipinski definition) is 3. The Kier molecular flexibility index (Phi) is 5.12. The number of aromatic nitrogens is 2. The van der Waals surface area contributed by atoms with Crippen molar-refractivity contribution in [1.82, 2.24) is 14.5 Å². The molecule has 1 amide bonds. The predicted molar refractivity (Wildman–Crippen MR) is 87.3 cm³/mol. The molecule has 0 saturated heterocycles. The molecule has 2 aromatic rings. The first-order chi connectivity index (χ1) is 10.6. The quantitative estimate of drug-likeness (QED) is 0.798. The number of aliphatic hydroxyl groups excluding tert-OH is 1. The Labute approximate surface area is 130 Å². The zero-order chi connectivity index (χ0) is 16.1. The first-order valence-corrected chi connectivity index (χ1v) is 7.21. The first-order valence-electron chi connectivity index (χ1n) is 7.21. The van der Waals surface area contributed by atoms with Crippen LogP contribution in [-0.4, -0.2) is 38.6 Å². The third kappa shape index (κ3) is 3.26. The molecular weight excluding hydrogens is 278 g/mol. The van der Waals surface area contributed by atoms with Crippen molar-refractivity contribution in [3.05, 3.63) is 55.4 Å². The predicted octanol–water partition coefficient (Wildman–Crippen LogP) is 2.29. The number of para-hydroxylation sites is 2. The van der Waals surface area contributed by atoms with E-state index in [2.05, 4.69) is 18.1 Å². The number of hydrogen-bond donors (Lipinski definition) is 1. The molecule has 1 N–H and O–H groups in total. The molecule has 1 unspecified atom stereocenters. The summed E-state index contributed by atoms with van der Waals surface area (Å²) in [4.78, 5) is 18.6. The number of fused-ring (bicyclic) bond motifs is 1. The number of amides is 1. The van der Waals surface area contributed by atoms with E-state index in [1.54, 1.807) is 28.5 Å². The summed E-state index contributed by atoms with van der Waals surface area (Å²) in [7, 11) is 0. The number of carbonyl (C=O) groups is 1. The van der Waals surface area contributed by atoms with Crippen LogP contribution in [0.1, 0.15) is 18.9 Å². The highest BCUT2D eigenvalue weighted by atomic mass is 16.3. The minimum absolute atomic E-state index is 0.0650. The molecular formula is C17H21N3O2. The molecule has 2 rings (SSSR count). The lowest BCUT2D eigenvalue weighted by atomic mass is 10.3. The zero-order valence-electron chi connectivity index (χ0n) is 12.8. The van der Waals surface area contributed by atoms with Crippen molar-refractivity contribution < 1.29 is 9.90 Å². The molecule has 22 heavy (non-hydrogen) atoms. The van der Waals surface area contributed by atoms with Gasteiger partial charge < -0.3 is 14.6 Å². The van der Waals surface area contributed by atoms with E-state index in [4.69, 9.17) is 0 Å². The van der Waals surface area contributed by atoms with Gasteiger partial charge in [-0.2, -0.15) is 0 Å². The highest BCUT2D eigenvalue weighted by Gasteiger charge is 2.19. The molecule has 1 aromatic carbocycles. The molecule has 0 saturated carbocycles. The Balaban J connectivity index is 2.36. The van der Waals surface area contributed by atoms with Gasteiger partial charge in [-0.3, -0.25) is 4.79 Å². The van der Waals surface area contributed by atoms with Crippen LogP contribution >= 0.6 is 0 Å². The van der Waals surface area contributed by atoms with Crippen molar-refractivity contribution in [2.75, 3.05) is 13.1 Å². The van der Waals surface area contributed by atoms with E-state index in [1.807, 2.05) is 24.3 Å². The largest absolute Gasteiger partial charge is 0.385 e. The summed E-state index contributed by atoms with van der Waals surface area (Å²) in [6, 6.07) is 7.54. The lowest BCUT2D eigenvalue weighted by molar-refractivity contribution is -0.130. The van der Waals surface area contributed by atoms with E-state index in [9.17, 15) is 9.90 Å². The molecule has 5 nitrogen and oxygen atoms in total. The lowest BCUT2D eigenvalue weighted by Crippen LogP contribution is -2.34. The summed E-state index contributed by atoms with van der Waals surface area (Å²) < 4.78 is 1.77. The van der Waals surface area contributed by atoms with Crippen LogP contribution in [0, 0.1) is 0 Å². The molecule has 0 aliphatic heterocycles. The van der Waals surface area contributed by atoms with Gasteiger partial charge >= 0.3 is 0 Å². The Morgan fingerprint density at radius 3 is 2.59 bits per heavy atom. The van der Waals surface area contributed by atoms with Gasteiger partial charge in [0.15, 0.2) is 0 Å². The van der Waals surface area contributed by atoms with Crippen LogP contribution in [0.5, 0.6) is 0 Å². The van der Waals surface area contributed by atoms with Gasteiger partial charge in [-0.05, 0) is 19.1 Å². The van der Waals surface area contributed by atoms with Crippen LogP contribution < -0.4 is 0 Å². The molecule has 0 aliphatic rings. The maximum absolute atomic E-state index is 12.5. The highest BCUT2D eigenvalue weighted by Crippen LogP contribution is 2.20. The zero-order valence-corrected chi connectivity index (χ0v) is 12.8. The van der Waals surface area contributed by atoms with Gasteiger partial charge in [-0.15, -0.1) is 13.2 Å². The standard InChI is InChI=1S/C17H21N3O2/c1-4-10-19(11-5-2)16(22)12-20-15-9-7-6-8-14(15)18-17(20)13(3)21/h4-9,13,21H,1-2,10-12H2,3H3. The van der Waals surface area contributed by atoms with E-state index in [0.29, 0.717) is 18.9 Å². The fourth-order valence-electron chi connectivity index (χ4n) is 2.40. The fraction of sp³-hybridized carbons (Fsp3) is 0.294. The molecule has 1 heterocycles. The monoisotopic (exact) mass is 299 g/mol. The summed E-state index contributed by atoms with van der Waals surface area (Å²) in [6.07, 6.45) is 2.62. The summed E-state index contributed by atoms with van der Waals surface area (Å²) in [5.41, 5.74) is 1.61. The highest BCUT2D eigenvalue weighted by molar-refractivity contribution is 5.81. The second-order valence-electron chi connectivity index (χ2n) is 5.10. The van der Waals surface area contributed by atoms with Crippen LogP contribution in [-0.2, 0) is 11.3 Å². The Bertz CT molecular complexity index is 678. The van der Waals surface area contributed by atoms with Crippen molar-refractivity contribution in [3.8, 4) is 0 Å². The normalized spacial score (nSPS) is 12.1. The molecule has 0 spiro atoms. The summed E-state index contributed by atoms with van der Waals surface area (Å²) in [5, 5.41) is 9.92. The average Bonchev–Trinajstić information content (AvgIpc) is 2.86. The minimum atomic E-state index is -0.743. The van der Waals surface area contributed by atoms with Crippen LogP contribution in [0.15, 0.2) is 49.6 Å². The second kappa shape index (κ2) is 7.04. The van der Waals surface area contributed by atoms with Gasteiger partial charge in [0.25, 0.3) is 0 Å². The Morgan fingerprint density at radius 1 is 1.36 bits per heavy atom. The SMILES string of the molecule is C=CCN(CC=C)C(=O)Cn1c(C(C)O)nc2ccccc21. The van der Waals surface area contributed by atoms with Crippen molar-refractivity contribution in [1.29, 1.82) is 0 Å². The number of nitrogens with zero attached hydrogens (tertiary/aromatic N) is 3. The molecule has 5 heteroatoms. The maximum Gasteiger partial charge on any atom is 0.243 e. The number of rotatable bonds is 7. The molecule has 116 valence electrons. The average molecular weight is 299 g/mol. The van der Waals surface area contributed by atoms with E-state index in [1.165, 1.54) is 0 Å². The van der Waals surface area contributed by atoms with Crippen molar-refractivity contribution in [3.63, 3.8) is 0 Å². The van der Waals surface area contributed by atoms with Crippen molar-refractivity contribution in [2.45, 2.75) is 19.6 Å². The van der Waals surface area contributed by atoms with E-state index < -0.39 is 6.10 Å². The molecule has 1 atom stereocenters. The van der Waals surface area contributed by atoms with Gasteiger partial charge in [0.1, 0.15) is 18.5 Å². The summed E-state index contributed by atoms with van der Waals surface area (Å²) in [5.74, 6) is 0.427. The molecule has 0 bridgehead atoms. The van der Waals surface area contributed by atoms with Crippen LogP contribution in [0.4, 0.5) is 0 Å². The number of aliphatic hydroxyl groups is 1. The molecule has 1 aromatic heterocycles. The Hall–Kier alpha value is -2.40. The lowest BCUT2D eigenvalue weighted by Gasteiger charge is -2.20. The van der Waals surface area contributed by atoms with Gasteiger partial charge in [0, 0.05) is 13.1 Å². The van der Waals surface area contributed by atoms with Crippen LogP contribution in [0.2, 0.25) is 0 Å². The molecule has 0 aliphatic carbocycles. The van der Waals surface area contributed by atoms with Gasteiger partial charge in [-0.25, -0.2) is 4.98 Å². The Morgan fingerprint density at radius 2 is 2.00 bits per heavy atom. The molecule has 0 fully saturated rings. The van der Waals surface area contributed by atoms with Crippen LogP contribution in [0.25, 0.3) is 11.0 Å². The number of carbonyl (C=O) groups excluding carboxylic acids is 1. The first kappa shape index (κ1) is 16.0. The number of imidazole rings is 1. The number of benzene rings is 1. The summed E-state index contributed by atoms with van der Waals surface area (Å²) >= 11 is 0. The third-order valence-corrected chi connectivity index (χ3v) is 3.40. The van der Waals surface area contributed by atoms with E-state index >= 15 is 0 Å². The second-order valence-corrected chi connectivity index (χ2v) is 5.10. The summed E-state index contributed by atoms with van der Waals surface area (Å²) in [6.45, 7) is 10.0. The van der Waals surface area contributed by atoms with Gasteiger partial charge in [0.2, 0.25) is 5.91 Å². The fourth-order valence-corrected chi connectivity index (χ4v) is 2.40. The third-order valence-electron chi connectivity index (χ3n) is 3.40. The van der Waals surface area contributed by atoms with E-state index in [-0.39, 0.29) is 12.5 Å². The van der Waals surface area contributed by atoms with Gasteiger partial charge in [-0.1, -0.05) is 24.3 Å². The smallest absolute Gasteiger partial charge is 0.243 e. The maximum atomic E-state index is 12.5. The van der Waals surface area contributed by atoms with E-state index in [0.717, 1.165) is 11.0 Å². The van der Waals surface area contributed by atoms with Crippen LogP contribution in [0.3, 0.4) is 0 Å².